The molecule has 27 heavy (non-hydrogen) atoms. The van der Waals surface area contributed by atoms with Crippen molar-refractivity contribution in [3.05, 3.63) is 74.3 Å². The summed E-state index contributed by atoms with van der Waals surface area (Å²) in [6.45, 7) is 1.90. The molecule has 2 aromatic rings. The first kappa shape index (κ1) is 20.4. The van der Waals surface area contributed by atoms with Crippen molar-refractivity contribution < 1.29 is 19.6 Å². The van der Waals surface area contributed by atoms with Crippen molar-refractivity contribution in [3.8, 4) is 0 Å². The fourth-order valence-corrected chi connectivity index (χ4v) is 2.88. The summed E-state index contributed by atoms with van der Waals surface area (Å²) >= 11 is 5.97. The number of non-ortho nitro benzene ring substituents is 1. The molecule has 0 aromatic heterocycles. The number of carbonyl (C=O) groups is 2. The first-order valence-corrected chi connectivity index (χ1v) is 8.62. The second-order valence-corrected chi connectivity index (χ2v) is 6.65. The zero-order valence-corrected chi connectivity index (χ0v) is 15.4. The Morgan fingerprint density at radius 3 is 2.59 bits per heavy atom. The van der Waals surface area contributed by atoms with Crippen molar-refractivity contribution in [2.24, 2.45) is 5.92 Å². The number of amides is 1. The summed E-state index contributed by atoms with van der Waals surface area (Å²) in [6.07, 6.45) is 0.212. The van der Waals surface area contributed by atoms with Gasteiger partial charge < -0.3 is 10.4 Å². The molecule has 0 aliphatic heterocycles. The zero-order valence-electron chi connectivity index (χ0n) is 14.6. The minimum atomic E-state index is -0.995. The van der Waals surface area contributed by atoms with Crippen molar-refractivity contribution in [2.45, 2.75) is 19.8 Å². The maximum atomic E-state index is 12.1. The quantitative estimate of drug-likeness (QED) is 0.531. The van der Waals surface area contributed by atoms with Crippen LogP contribution in [-0.4, -0.2) is 28.5 Å². The average Bonchev–Trinajstić information content (AvgIpc) is 2.60. The Labute approximate surface area is 161 Å². The van der Waals surface area contributed by atoms with E-state index in [2.05, 4.69) is 5.32 Å². The van der Waals surface area contributed by atoms with Gasteiger partial charge in [0.05, 0.1) is 22.3 Å². The molecule has 0 spiro atoms. The lowest BCUT2D eigenvalue weighted by molar-refractivity contribution is -0.384. The third kappa shape index (κ3) is 6.07. The number of rotatable bonds is 8. The Morgan fingerprint density at radius 1 is 1.26 bits per heavy atom. The molecule has 8 heteroatoms. The first-order valence-electron chi connectivity index (χ1n) is 8.24. The third-order valence-electron chi connectivity index (χ3n) is 4.06. The summed E-state index contributed by atoms with van der Waals surface area (Å²) in [7, 11) is 0. The van der Waals surface area contributed by atoms with Crippen LogP contribution in [0.1, 0.15) is 16.7 Å². The molecule has 142 valence electrons. The van der Waals surface area contributed by atoms with Crippen molar-refractivity contribution >= 4 is 29.2 Å². The van der Waals surface area contributed by atoms with Crippen LogP contribution in [0.3, 0.4) is 0 Å². The van der Waals surface area contributed by atoms with Gasteiger partial charge in [0.15, 0.2) is 0 Å². The minimum Gasteiger partial charge on any atom is -0.481 e. The van der Waals surface area contributed by atoms with E-state index < -0.39 is 22.7 Å². The van der Waals surface area contributed by atoms with Crippen molar-refractivity contribution in [1.82, 2.24) is 5.32 Å². The third-order valence-corrected chi connectivity index (χ3v) is 4.41. The minimum absolute atomic E-state index is 0.0211. The normalized spacial score (nSPS) is 11.6. The smallest absolute Gasteiger partial charge is 0.308 e. The number of nitrogens with one attached hydrogen (secondary N) is 1. The van der Waals surface area contributed by atoms with E-state index in [1.807, 2.05) is 31.2 Å². The lowest BCUT2D eigenvalue weighted by atomic mass is 9.98. The highest BCUT2D eigenvalue weighted by Crippen LogP contribution is 2.22. The number of halogens is 1. The van der Waals surface area contributed by atoms with Gasteiger partial charge in [-0.1, -0.05) is 47.5 Å². The van der Waals surface area contributed by atoms with Crippen LogP contribution < -0.4 is 5.32 Å². The number of hydrogen-bond acceptors (Lipinski definition) is 4. The summed E-state index contributed by atoms with van der Waals surface area (Å²) in [5, 5.41) is 22.8. The van der Waals surface area contributed by atoms with E-state index in [0.717, 1.165) is 11.1 Å². The highest BCUT2D eigenvalue weighted by molar-refractivity contribution is 6.31. The van der Waals surface area contributed by atoms with Crippen molar-refractivity contribution in [1.29, 1.82) is 0 Å². The fourth-order valence-electron chi connectivity index (χ4n) is 2.64. The Morgan fingerprint density at radius 2 is 2.00 bits per heavy atom. The molecule has 0 saturated heterocycles. The average molecular weight is 391 g/mol. The second kappa shape index (κ2) is 9.14. The van der Waals surface area contributed by atoms with Gasteiger partial charge in [-0.2, -0.15) is 0 Å². The monoisotopic (exact) mass is 390 g/mol. The highest BCUT2D eigenvalue weighted by Gasteiger charge is 2.20. The predicted octanol–water partition coefficient (Wildman–Crippen LogP) is 3.16. The summed E-state index contributed by atoms with van der Waals surface area (Å²) < 4.78 is 0. The maximum absolute atomic E-state index is 12.1. The van der Waals surface area contributed by atoms with Gasteiger partial charge in [-0.05, 0) is 24.5 Å². The van der Waals surface area contributed by atoms with Crippen molar-refractivity contribution in [3.63, 3.8) is 0 Å². The van der Waals surface area contributed by atoms with Gasteiger partial charge in [0.1, 0.15) is 0 Å². The molecule has 0 aliphatic carbocycles. The number of benzene rings is 2. The van der Waals surface area contributed by atoms with E-state index in [-0.39, 0.29) is 23.7 Å². The molecule has 1 atom stereocenters. The molecule has 0 heterocycles. The Balaban J connectivity index is 1.96. The molecule has 1 unspecified atom stereocenters. The number of aliphatic carboxylic acids is 1. The number of nitro groups is 1. The molecular weight excluding hydrogens is 372 g/mol. The molecule has 0 radical (unpaired) electrons. The number of hydrogen-bond donors (Lipinski definition) is 2. The summed E-state index contributed by atoms with van der Waals surface area (Å²) in [5.74, 6) is -2.16. The van der Waals surface area contributed by atoms with Gasteiger partial charge in [-0.3, -0.25) is 19.7 Å². The fraction of sp³-hybridized carbons (Fsp3) is 0.263. The predicted molar refractivity (Wildman–Crippen MR) is 101 cm³/mol. The molecule has 1 amide bonds. The van der Waals surface area contributed by atoms with E-state index in [4.69, 9.17) is 11.6 Å². The first-order chi connectivity index (χ1) is 12.8. The molecular formula is C19H19ClN2O5. The molecule has 2 N–H and O–H groups in total. The summed E-state index contributed by atoms with van der Waals surface area (Å²) in [4.78, 5) is 33.7. The maximum Gasteiger partial charge on any atom is 0.308 e. The van der Waals surface area contributed by atoms with Gasteiger partial charge in [-0.15, -0.1) is 0 Å². The topological polar surface area (TPSA) is 110 Å². The van der Waals surface area contributed by atoms with E-state index in [9.17, 15) is 24.8 Å². The number of nitrogens with zero attached hydrogens (tertiary/aromatic N) is 1. The molecule has 7 nitrogen and oxygen atoms in total. The molecule has 0 fully saturated rings. The van der Waals surface area contributed by atoms with Crippen LogP contribution in [0, 0.1) is 23.0 Å². The number of carbonyl (C=O) groups excluding carboxylic acids is 1. The van der Waals surface area contributed by atoms with E-state index in [0.29, 0.717) is 12.0 Å². The van der Waals surface area contributed by atoms with Gasteiger partial charge in [0.2, 0.25) is 5.91 Å². The highest BCUT2D eigenvalue weighted by atomic mass is 35.5. The molecule has 2 rings (SSSR count). The molecule has 2 aromatic carbocycles. The Bertz CT molecular complexity index is 869. The largest absolute Gasteiger partial charge is 0.481 e. The molecule has 0 bridgehead atoms. The number of carboxylic acid groups (broad SMARTS) is 1. The number of carboxylic acids is 1. The van der Waals surface area contributed by atoms with Gasteiger partial charge in [0.25, 0.3) is 5.69 Å². The van der Waals surface area contributed by atoms with E-state index in [1.165, 1.54) is 18.2 Å². The molecule has 0 aliphatic rings. The van der Waals surface area contributed by atoms with Crippen LogP contribution >= 0.6 is 11.6 Å². The lowest BCUT2D eigenvalue weighted by Gasteiger charge is -2.14. The van der Waals surface area contributed by atoms with Crippen LogP contribution in [0.25, 0.3) is 0 Å². The van der Waals surface area contributed by atoms with E-state index in [1.54, 1.807) is 0 Å². The van der Waals surface area contributed by atoms with Crippen LogP contribution in [-0.2, 0) is 22.4 Å². The van der Waals surface area contributed by atoms with Crippen LogP contribution in [0.15, 0.2) is 42.5 Å². The standard InChI is InChI=1S/C19H19ClN2O5/c1-12-3-2-4-13(7-12)8-15(19(24)25)11-21-18(23)9-14-5-6-16(22(26)27)10-17(14)20/h2-7,10,15H,8-9,11H2,1H3,(H,21,23)(H,24,25). The van der Waals surface area contributed by atoms with Crippen LogP contribution in [0.4, 0.5) is 5.69 Å². The van der Waals surface area contributed by atoms with Crippen LogP contribution in [0.5, 0.6) is 0 Å². The van der Waals surface area contributed by atoms with E-state index >= 15 is 0 Å². The summed E-state index contributed by atoms with van der Waals surface area (Å²) in [5.41, 5.74) is 2.20. The second-order valence-electron chi connectivity index (χ2n) is 6.24. The number of nitro benzene ring substituents is 1. The lowest BCUT2D eigenvalue weighted by Crippen LogP contribution is -2.35. The van der Waals surface area contributed by atoms with Gasteiger partial charge >= 0.3 is 5.97 Å². The Hall–Kier alpha value is -2.93. The number of aryl methyl sites for hydroxylation is 1. The summed E-state index contributed by atoms with van der Waals surface area (Å²) in [6, 6.07) is 11.4. The van der Waals surface area contributed by atoms with Crippen LogP contribution in [0.2, 0.25) is 5.02 Å². The molecule has 0 saturated carbocycles. The van der Waals surface area contributed by atoms with Crippen molar-refractivity contribution in [2.75, 3.05) is 6.54 Å². The zero-order chi connectivity index (χ0) is 20.0. The Kier molecular flexibility index (Phi) is 6.90. The SMILES string of the molecule is Cc1cccc(CC(CNC(=O)Cc2ccc([N+](=O)[O-])cc2Cl)C(=O)O)c1. The van der Waals surface area contributed by atoms with Gasteiger partial charge in [-0.25, -0.2) is 0 Å². The van der Waals surface area contributed by atoms with Gasteiger partial charge in [0, 0.05) is 18.7 Å².